The van der Waals surface area contributed by atoms with Gasteiger partial charge in [0.05, 0.1) is 28.1 Å². The third-order valence-corrected chi connectivity index (χ3v) is 8.23. The number of carbonyl (C=O) groups excluding carboxylic acids is 1. The number of carbonyl (C=O) groups is 1. The molecule has 4 heterocycles. The molecule has 3 aromatic heterocycles. The molecular weight excluding hydrogens is 541 g/mol. The number of thiophene rings is 1. The summed E-state index contributed by atoms with van der Waals surface area (Å²) in [4.78, 5) is 34.9. The molecule has 9 nitrogen and oxygen atoms in total. The molecule has 11 heteroatoms. The molecule has 1 fully saturated rings. The summed E-state index contributed by atoms with van der Waals surface area (Å²) in [6.07, 6.45) is 3.04. The van der Waals surface area contributed by atoms with Gasteiger partial charge < -0.3 is 20.4 Å². The van der Waals surface area contributed by atoms with Gasteiger partial charge in [-0.2, -0.15) is 5.10 Å². The third-order valence-electron chi connectivity index (χ3n) is 7.11. The number of aromatic amines is 1. The van der Waals surface area contributed by atoms with Crippen molar-refractivity contribution < 1.29 is 9.18 Å². The van der Waals surface area contributed by atoms with Crippen LogP contribution >= 0.6 is 11.3 Å². The minimum atomic E-state index is -0.579. The quantitative estimate of drug-likeness (QED) is 0.221. The lowest BCUT2D eigenvalue weighted by atomic mass is 10.1. The predicted octanol–water partition coefficient (Wildman–Crippen LogP) is 5.32. The fraction of sp³-hybridized carbons (Fsp3) is 0.200. The number of aromatic nitrogens is 3. The van der Waals surface area contributed by atoms with Crippen molar-refractivity contribution in [2.75, 3.05) is 48.8 Å². The first-order valence-corrected chi connectivity index (χ1v) is 14.1. The summed E-state index contributed by atoms with van der Waals surface area (Å²) in [5.41, 5.74) is 1.73. The van der Waals surface area contributed by atoms with Crippen LogP contribution in [0.2, 0.25) is 0 Å². The monoisotopic (exact) mass is 569 g/mol. The van der Waals surface area contributed by atoms with Gasteiger partial charge in [-0.05, 0) is 73.4 Å². The maximum atomic E-state index is 14.7. The van der Waals surface area contributed by atoms with Gasteiger partial charge in [0.25, 0.3) is 11.5 Å². The van der Waals surface area contributed by atoms with Gasteiger partial charge in [0.2, 0.25) is 0 Å². The van der Waals surface area contributed by atoms with Crippen LogP contribution in [0.1, 0.15) is 16.1 Å². The van der Waals surface area contributed by atoms with Crippen LogP contribution in [0.3, 0.4) is 0 Å². The van der Waals surface area contributed by atoms with E-state index in [2.05, 4.69) is 35.6 Å². The number of fused-ring (bicyclic) bond motifs is 1. The topological polar surface area (TPSA) is 106 Å². The van der Waals surface area contributed by atoms with Gasteiger partial charge in [0, 0.05) is 30.4 Å². The number of likely N-dealkylation sites (tertiary alicyclic amines) is 1. The molecule has 0 aliphatic carbocycles. The van der Waals surface area contributed by atoms with E-state index in [4.69, 9.17) is 0 Å². The van der Waals surface area contributed by atoms with Gasteiger partial charge in [-0.1, -0.05) is 18.2 Å². The number of likely N-dealkylation sites (N-methyl/N-ethyl adjacent to an activating group) is 1. The Bertz CT molecular complexity index is 1730. The molecule has 6 rings (SSSR count). The highest BCUT2D eigenvalue weighted by atomic mass is 32.1. The van der Waals surface area contributed by atoms with E-state index in [1.54, 1.807) is 18.3 Å². The van der Waals surface area contributed by atoms with Crippen molar-refractivity contribution >= 4 is 50.2 Å². The Morgan fingerprint density at radius 1 is 1.10 bits per heavy atom. The van der Waals surface area contributed by atoms with Gasteiger partial charge in [0.1, 0.15) is 17.3 Å². The summed E-state index contributed by atoms with van der Waals surface area (Å²) in [7, 11) is 2.03. The number of H-pyrrole nitrogens is 1. The van der Waals surface area contributed by atoms with Crippen LogP contribution < -0.4 is 21.1 Å². The lowest BCUT2D eigenvalue weighted by Crippen LogP contribution is -2.41. The smallest absolute Gasteiger partial charge is 0.287 e. The van der Waals surface area contributed by atoms with E-state index in [0.29, 0.717) is 22.0 Å². The van der Waals surface area contributed by atoms with E-state index in [1.165, 1.54) is 36.0 Å². The lowest BCUT2D eigenvalue weighted by molar-refractivity contribution is 0.103. The van der Waals surface area contributed by atoms with E-state index >= 15 is 0 Å². The molecule has 0 atom stereocenters. The Labute approximate surface area is 239 Å². The van der Waals surface area contributed by atoms with Gasteiger partial charge in [-0.3, -0.25) is 9.59 Å². The second kappa shape index (κ2) is 11.5. The number of rotatable bonds is 9. The summed E-state index contributed by atoms with van der Waals surface area (Å²) in [5.74, 6) is -0.479. The van der Waals surface area contributed by atoms with Gasteiger partial charge >= 0.3 is 0 Å². The summed E-state index contributed by atoms with van der Waals surface area (Å²) >= 11 is 1.34. The largest absolute Gasteiger partial charge is 0.372 e. The summed E-state index contributed by atoms with van der Waals surface area (Å²) in [6.45, 7) is 4.26. The molecule has 1 amide bonds. The fourth-order valence-electron chi connectivity index (χ4n) is 4.55. The van der Waals surface area contributed by atoms with E-state index < -0.39 is 17.3 Å². The zero-order chi connectivity index (χ0) is 28.3. The number of pyridine rings is 1. The van der Waals surface area contributed by atoms with Crippen LogP contribution in [0, 0.1) is 5.82 Å². The maximum absolute atomic E-state index is 14.7. The van der Waals surface area contributed by atoms with Crippen LogP contribution in [-0.2, 0) is 0 Å². The van der Waals surface area contributed by atoms with Crippen LogP contribution in [-0.4, -0.2) is 59.2 Å². The van der Waals surface area contributed by atoms with Crippen molar-refractivity contribution in [3.8, 4) is 11.3 Å². The molecule has 1 saturated heterocycles. The molecule has 0 saturated carbocycles. The van der Waals surface area contributed by atoms with Crippen LogP contribution in [0.4, 0.5) is 27.3 Å². The molecular formula is C30H28FN7O2S. The molecule has 3 N–H and O–H groups in total. The first-order valence-electron chi connectivity index (χ1n) is 13.3. The minimum Gasteiger partial charge on any atom is -0.372 e. The second-order valence-corrected chi connectivity index (χ2v) is 11.0. The van der Waals surface area contributed by atoms with Crippen molar-refractivity contribution in [1.82, 2.24) is 20.1 Å². The number of nitrogens with zero attached hydrogens (tertiary/aromatic N) is 4. The van der Waals surface area contributed by atoms with E-state index in [-0.39, 0.29) is 11.4 Å². The zero-order valence-corrected chi connectivity index (χ0v) is 23.2. The van der Waals surface area contributed by atoms with E-state index in [9.17, 15) is 14.0 Å². The van der Waals surface area contributed by atoms with Gasteiger partial charge in [-0.15, -0.1) is 11.3 Å². The van der Waals surface area contributed by atoms with Crippen LogP contribution in [0.5, 0.6) is 0 Å². The fourth-order valence-corrected chi connectivity index (χ4v) is 5.51. The Morgan fingerprint density at radius 3 is 2.71 bits per heavy atom. The van der Waals surface area contributed by atoms with Crippen molar-refractivity contribution in [1.29, 1.82) is 0 Å². The van der Waals surface area contributed by atoms with E-state index in [1.807, 2.05) is 43.4 Å². The average molecular weight is 570 g/mol. The Kier molecular flexibility index (Phi) is 7.45. The number of halogens is 1. The highest BCUT2D eigenvalue weighted by Crippen LogP contribution is 2.28. The molecule has 0 radical (unpaired) electrons. The molecule has 208 valence electrons. The maximum Gasteiger partial charge on any atom is 0.287 e. The number of hydrogen-bond acceptors (Lipinski definition) is 8. The number of benzene rings is 2. The third kappa shape index (κ3) is 5.96. The van der Waals surface area contributed by atoms with Gasteiger partial charge in [-0.25, -0.2) is 14.5 Å². The average Bonchev–Trinajstić information content (AvgIpc) is 3.40. The number of nitrogens with one attached hydrogen (secondary N) is 3. The molecule has 0 unspecified atom stereocenters. The molecule has 41 heavy (non-hydrogen) atoms. The normalized spacial score (nSPS) is 13.1. The second-order valence-electron chi connectivity index (χ2n) is 9.94. The molecule has 1 aliphatic rings. The van der Waals surface area contributed by atoms with Crippen LogP contribution in [0.25, 0.3) is 21.3 Å². The van der Waals surface area contributed by atoms with Crippen LogP contribution in [0.15, 0.2) is 77.7 Å². The first kappa shape index (κ1) is 26.6. The summed E-state index contributed by atoms with van der Waals surface area (Å²) in [5, 5.41) is 13.3. The molecule has 1 aliphatic heterocycles. The Balaban J connectivity index is 1.17. The number of hydrogen-bond donors (Lipinski definition) is 3. The summed E-state index contributed by atoms with van der Waals surface area (Å²) < 4.78 is 15.7. The van der Waals surface area contributed by atoms with Crippen molar-refractivity contribution in [3.63, 3.8) is 0 Å². The first-order chi connectivity index (χ1) is 19.9. The van der Waals surface area contributed by atoms with Crippen molar-refractivity contribution in [2.45, 2.75) is 6.42 Å². The predicted molar refractivity (Wildman–Crippen MR) is 162 cm³/mol. The van der Waals surface area contributed by atoms with Gasteiger partial charge in [0.15, 0.2) is 0 Å². The Hall–Kier alpha value is -4.61. The number of amides is 1. The molecule has 0 bridgehead atoms. The highest BCUT2D eigenvalue weighted by molar-refractivity contribution is 7.20. The van der Waals surface area contributed by atoms with Crippen molar-refractivity contribution in [2.24, 2.45) is 0 Å². The summed E-state index contributed by atoms with van der Waals surface area (Å²) in [6, 6.07) is 19.1. The van der Waals surface area contributed by atoms with Crippen molar-refractivity contribution in [3.05, 3.63) is 94.0 Å². The zero-order valence-electron chi connectivity index (χ0n) is 22.4. The highest BCUT2D eigenvalue weighted by Gasteiger charge is 2.16. The Morgan fingerprint density at radius 2 is 1.95 bits per heavy atom. The SMILES string of the molecule is CN(CCN1CCC1)c1ccc(Nc2cc(-c3ccc(F)c(NC(=O)c4cc5ccccc5s4)c3)n[nH]c2=O)nc1. The number of anilines is 4. The lowest BCUT2D eigenvalue weighted by Gasteiger charge is -2.32. The minimum absolute atomic E-state index is 0.0166. The molecule has 2 aromatic carbocycles. The molecule has 5 aromatic rings. The standard InChI is InChI=1S/C30H28FN7O2S/c1-37(13-14-38-11-4-12-38)21-8-10-28(32-18-21)33-25-17-23(35-36-29(25)39)19-7-9-22(31)24(15-19)34-30(40)27-16-20-5-2-3-6-26(20)41-27/h2-3,5-10,15-18H,4,11-14H2,1H3,(H,34,40)(H,36,39)(H,32,33,35). The molecule has 0 spiro atoms. The van der Waals surface area contributed by atoms with E-state index in [0.717, 1.165) is 42.0 Å².